The van der Waals surface area contributed by atoms with E-state index in [4.69, 9.17) is 4.74 Å². The molecule has 0 spiro atoms. The number of nitrogens with zero attached hydrogens (tertiary/aromatic N) is 1. The van der Waals surface area contributed by atoms with Crippen molar-refractivity contribution in [2.45, 2.75) is 20.4 Å². The molecule has 0 unspecified atom stereocenters. The van der Waals surface area contributed by atoms with Gasteiger partial charge in [-0.25, -0.2) is 5.10 Å². The number of H-pyrrole nitrogens is 1. The van der Waals surface area contributed by atoms with E-state index in [1.165, 1.54) is 0 Å². The van der Waals surface area contributed by atoms with Gasteiger partial charge in [0.2, 0.25) is 0 Å². The van der Waals surface area contributed by atoms with Crippen LogP contribution in [0.3, 0.4) is 0 Å². The van der Waals surface area contributed by atoms with E-state index in [9.17, 15) is 9.59 Å². The molecule has 0 bridgehead atoms. The highest BCUT2D eigenvalue weighted by Gasteiger charge is 2.09. The maximum absolute atomic E-state index is 12.3. The van der Waals surface area contributed by atoms with Crippen LogP contribution in [0.2, 0.25) is 0 Å². The molecule has 0 aliphatic rings. The molecule has 26 heavy (non-hydrogen) atoms. The van der Waals surface area contributed by atoms with Gasteiger partial charge in [0.1, 0.15) is 5.75 Å². The minimum atomic E-state index is -0.243. The lowest BCUT2D eigenvalue weighted by molar-refractivity contribution is 0.0950. The van der Waals surface area contributed by atoms with E-state index < -0.39 is 0 Å². The molecule has 0 atom stereocenters. The van der Waals surface area contributed by atoms with E-state index in [0.29, 0.717) is 29.2 Å². The zero-order valence-corrected chi connectivity index (χ0v) is 14.8. The largest absolute Gasteiger partial charge is 0.493 e. The molecule has 2 aromatic carbocycles. The molecule has 3 rings (SSSR count). The molecular formula is C20H21N3O3. The van der Waals surface area contributed by atoms with Gasteiger partial charge in [0.05, 0.1) is 24.2 Å². The molecule has 0 fully saturated rings. The summed E-state index contributed by atoms with van der Waals surface area (Å²) in [5.74, 6) is 0.971. The predicted molar refractivity (Wildman–Crippen MR) is 100 cm³/mol. The number of benzene rings is 2. The van der Waals surface area contributed by atoms with Crippen LogP contribution < -0.4 is 15.6 Å². The van der Waals surface area contributed by atoms with E-state index >= 15 is 0 Å². The first kappa shape index (κ1) is 17.7. The van der Waals surface area contributed by atoms with E-state index in [1.54, 1.807) is 36.4 Å². The quantitative estimate of drug-likeness (QED) is 0.715. The van der Waals surface area contributed by atoms with Gasteiger partial charge < -0.3 is 10.1 Å². The lowest BCUT2D eigenvalue weighted by atomic mass is 10.1. The fraction of sp³-hybridized carbons (Fsp3) is 0.250. The van der Waals surface area contributed by atoms with Crippen molar-refractivity contribution in [2.75, 3.05) is 6.61 Å². The van der Waals surface area contributed by atoms with Crippen LogP contribution in [0.1, 0.15) is 29.9 Å². The summed E-state index contributed by atoms with van der Waals surface area (Å²) in [5, 5.41) is 10.6. The first-order valence-electron chi connectivity index (χ1n) is 8.52. The number of aromatic amines is 1. The van der Waals surface area contributed by atoms with Crippen molar-refractivity contribution in [1.82, 2.24) is 15.5 Å². The monoisotopic (exact) mass is 351 g/mol. The Balaban J connectivity index is 1.68. The second-order valence-electron chi connectivity index (χ2n) is 6.46. The fourth-order valence-electron chi connectivity index (χ4n) is 2.54. The lowest BCUT2D eigenvalue weighted by Crippen LogP contribution is -2.24. The Hall–Kier alpha value is -3.15. The minimum absolute atomic E-state index is 0.211. The number of amides is 1. The SMILES string of the molecule is CC(C)COc1ccc(C(=O)NCc2n[nH]c(=O)c3ccccc23)cc1. The van der Waals surface area contributed by atoms with E-state index in [1.807, 2.05) is 12.1 Å². The van der Waals surface area contributed by atoms with Crippen LogP contribution in [-0.2, 0) is 6.54 Å². The van der Waals surface area contributed by atoms with Gasteiger partial charge >= 0.3 is 0 Å². The molecule has 0 saturated carbocycles. The normalized spacial score (nSPS) is 10.9. The summed E-state index contributed by atoms with van der Waals surface area (Å²) < 4.78 is 5.62. The highest BCUT2D eigenvalue weighted by Crippen LogP contribution is 2.14. The molecule has 1 aromatic heterocycles. The number of aromatic nitrogens is 2. The Morgan fingerprint density at radius 1 is 1.12 bits per heavy atom. The van der Waals surface area contributed by atoms with Gasteiger partial charge in [0.15, 0.2) is 0 Å². The van der Waals surface area contributed by atoms with Crippen molar-refractivity contribution in [2.24, 2.45) is 5.92 Å². The van der Waals surface area contributed by atoms with Crippen LogP contribution >= 0.6 is 0 Å². The first-order chi connectivity index (χ1) is 12.5. The van der Waals surface area contributed by atoms with Crippen molar-refractivity contribution in [3.8, 4) is 5.75 Å². The molecule has 3 aromatic rings. The van der Waals surface area contributed by atoms with Crippen LogP contribution in [0.15, 0.2) is 53.3 Å². The number of rotatable bonds is 6. The average molecular weight is 351 g/mol. The molecule has 0 radical (unpaired) electrons. The topological polar surface area (TPSA) is 84.1 Å². The number of hydrogen-bond acceptors (Lipinski definition) is 4. The third-order valence-corrected chi connectivity index (χ3v) is 3.89. The number of ether oxygens (including phenoxy) is 1. The molecule has 6 heteroatoms. The molecule has 6 nitrogen and oxygen atoms in total. The first-order valence-corrected chi connectivity index (χ1v) is 8.52. The summed E-state index contributed by atoms with van der Waals surface area (Å²) >= 11 is 0. The van der Waals surface area contributed by atoms with Gasteiger partial charge in [-0.3, -0.25) is 9.59 Å². The Labute approximate surface area is 151 Å². The van der Waals surface area contributed by atoms with Gasteiger partial charge in [0, 0.05) is 10.9 Å². The van der Waals surface area contributed by atoms with Crippen molar-refractivity contribution >= 4 is 16.7 Å². The van der Waals surface area contributed by atoms with Crippen LogP contribution in [0, 0.1) is 5.92 Å². The molecule has 1 heterocycles. The zero-order chi connectivity index (χ0) is 18.5. The van der Waals surface area contributed by atoms with Crippen LogP contribution in [0.4, 0.5) is 0 Å². The third-order valence-electron chi connectivity index (χ3n) is 3.89. The predicted octanol–water partition coefficient (Wildman–Crippen LogP) is 2.89. The highest BCUT2D eigenvalue weighted by molar-refractivity contribution is 5.94. The van der Waals surface area contributed by atoms with Gasteiger partial charge in [0.25, 0.3) is 11.5 Å². The molecule has 1 amide bonds. The summed E-state index contributed by atoms with van der Waals surface area (Å²) in [6, 6.07) is 14.2. The summed E-state index contributed by atoms with van der Waals surface area (Å²) in [4.78, 5) is 24.1. The summed E-state index contributed by atoms with van der Waals surface area (Å²) in [5.41, 5.74) is 0.911. The number of carbonyl (C=O) groups is 1. The Morgan fingerprint density at radius 3 is 2.50 bits per heavy atom. The van der Waals surface area contributed by atoms with Crippen molar-refractivity contribution in [3.05, 3.63) is 70.1 Å². The van der Waals surface area contributed by atoms with Crippen molar-refractivity contribution in [1.29, 1.82) is 0 Å². The number of hydrogen-bond donors (Lipinski definition) is 2. The van der Waals surface area contributed by atoms with E-state index in [0.717, 1.165) is 11.1 Å². The molecule has 0 saturated heterocycles. The van der Waals surface area contributed by atoms with Gasteiger partial charge in [-0.2, -0.15) is 5.10 Å². The van der Waals surface area contributed by atoms with E-state index in [-0.39, 0.29) is 18.0 Å². The Bertz CT molecular complexity index is 962. The second kappa shape index (κ2) is 7.82. The second-order valence-corrected chi connectivity index (χ2v) is 6.46. The maximum atomic E-state index is 12.3. The maximum Gasteiger partial charge on any atom is 0.272 e. The smallest absolute Gasteiger partial charge is 0.272 e. The number of nitrogens with one attached hydrogen (secondary N) is 2. The van der Waals surface area contributed by atoms with Crippen molar-refractivity contribution in [3.63, 3.8) is 0 Å². The fourth-order valence-corrected chi connectivity index (χ4v) is 2.54. The summed E-state index contributed by atoms with van der Waals surface area (Å²) in [6.07, 6.45) is 0. The summed E-state index contributed by atoms with van der Waals surface area (Å²) in [7, 11) is 0. The molecule has 134 valence electrons. The number of carbonyl (C=O) groups excluding carboxylic acids is 1. The van der Waals surface area contributed by atoms with Crippen molar-refractivity contribution < 1.29 is 9.53 Å². The molecule has 0 aliphatic carbocycles. The molecule has 0 aliphatic heterocycles. The zero-order valence-electron chi connectivity index (χ0n) is 14.8. The highest BCUT2D eigenvalue weighted by atomic mass is 16.5. The van der Waals surface area contributed by atoms with Crippen LogP contribution in [0.25, 0.3) is 10.8 Å². The lowest BCUT2D eigenvalue weighted by Gasteiger charge is -2.10. The molecular weight excluding hydrogens is 330 g/mol. The van der Waals surface area contributed by atoms with Gasteiger partial charge in [-0.1, -0.05) is 32.0 Å². The van der Waals surface area contributed by atoms with Crippen LogP contribution in [0.5, 0.6) is 5.75 Å². The Kier molecular flexibility index (Phi) is 5.31. The van der Waals surface area contributed by atoms with Gasteiger partial charge in [-0.15, -0.1) is 0 Å². The van der Waals surface area contributed by atoms with Gasteiger partial charge in [-0.05, 0) is 36.2 Å². The number of fused-ring (bicyclic) bond motifs is 1. The van der Waals surface area contributed by atoms with E-state index in [2.05, 4.69) is 29.4 Å². The molecule has 2 N–H and O–H groups in total. The average Bonchev–Trinajstić information content (AvgIpc) is 2.66. The van der Waals surface area contributed by atoms with Crippen LogP contribution in [-0.4, -0.2) is 22.7 Å². The summed E-state index contributed by atoms with van der Waals surface area (Å²) in [6.45, 7) is 5.02. The minimum Gasteiger partial charge on any atom is -0.493 e. The Morgan fingerprint density at radius 2 is 1.81 bits per heavy atom. The third kappa shape index (κ3) is 4.08. The standard InChI is InChI=1S/C20H21N3O3/c1-13(2)12-26-15-9-7-14(8-10-15)19(24)21-11-18-16-5-3-4-6-17(16)20(25)23-22-18/h3-10,13H,11-12H2,1-2H3,(H,21,24)(H,23,25).